The first-order valence-electron chi connectivity index (χ1n) is 14.1. The zero-order valence-corrected chi connectivity index (χ0v) is 27.4. The molecule has 226 valence electrons. The molecule has 0 spiro atoms. The van der Waals surface area contributed by atoms with Crippen LogP contribution in [0, 0.1) is 13.8 Å². The number of unbranched alkanes of at least 4 members (excludes halogenated alkanes) is 1. The van der Waals surface area contributed by atoms with Gasteiger partial charge in [-0.1, -0.05) is 83.9 Å². The third kappa shape index (κ3) is 8.89. The second-order valence-corrected chi connectivity index (χ2v) is 13.6. The number of halogens is 1. The number of carbonyl (C=O) groups excluding carboxylic acids is 2. The average molecular weight is 658 g/mol. The van der Waals surface area contributed by atoms with Gasteiger partial charge in [-0.3, -0.25) is 9.59 Å². The summed E-state index contributed by atoms with van der Waals surface area (Å²) in [5.41, 5.74) is 3.73. The van der Waals surface area contributed by atoms with Crippen molar-refractivity contribution in [2.75, 3.05) is 31.5 Å². The molecule has 0 bridgehead atoms. The molecule has 0 saturated carbocycles. The van der Waals surface area contributed by atoms with Gasteiger partial charge in [0.1, 0.15) is 12.6 Å². The van der Waals surface area contributed by atoms with E-state index in [9.17, 15) is 18.0 Å². The number of aryl methyl sites for hydroxylation is 2. The van der Waals surface area contributed by atoms with Gasteiger partial charge in [-0.15, -0.1) is 0 Å². The fraction of sp³-hybridized carbons (Fsp3) is 0.375. The Morgan fingerprint density at radius 2 is 1.60 bits per heavy atom. The van der Waals surface area contributed by atoms with Gasteiger partial charge in [0.2, 0.25) is 11.8 Å². The minimum Gasteiger partial charge on any atom is -0.354 e. The molecule has 0 unspecified atom stereocenters. The minimum absolute atomic E-state index is 0.132. The summed E-state index contributed by atoms with van der Waals surface area (Å²) in [6, 6.07) is 21.7. The predicted molar refractivity (Wildman–Crippen MR) is 172 cm³/mol. The fourth-order valence-electron chi connectivity index (χ4n) is 4.54. The summed E-state index contributed by atoms with van der Waals surface area (Å²) in [7, 11) is -1.17. The van der Waals surface area contributed by atoms with Gasteiger partial charge in [0.15, 0.2) is 0 Å². The Morgan fingerprint density at radius 1 is 0.929 bits per heavy atom. The van der Waals surface area contributed by atoms with Crippen molar-refractivity contribution in [3.05, 3.63) is 99.5 Å². The number of nitrogens with one attached hydrogen (secondary N) is 1. The molecule has 0 saturated heterocycles. The third-order valence-corrected chi connectivity index (χ3v) is 9.35. The number of amides is 2. The van der Waals surface area contributed by atoms with Crippen LogP contribution in [0.2, 0.25) is 0 Å². The van der Waals surface area contributed by atoms with E-state index in [0.717, 1.165) is 48.2 Å². The predicted octanol–water partition coefficient (Wildman–Crippen LogP) is 5.24. The van der Waals surface area contributed by atoms with E-state index in [1.54, 1.807) is 6.07 Å². The van der Waals surface area contributed by atoms with E-state index in [1.807, 2.05) is 87.5 Å². The number of nitrogens with zero attached hydrogens (tertiary/aromatic N) is 3. The lowest BCUT2D eigenvalue weighted by molar-refractivity contribution is -0.140. The summed E-state index contributed by atoms with van der Waals surface area (Å²) < 4.78 is 30.4. The van der Waals surface area contributed by atoms with Crippen LogP contribution >= 0.6 is 15.9 Å². The molecule has 3 rings (SSSR count). The number of hydrogen-bond donors (Lipinski definition) is 1. The largest absolute Gasteiger partial charge is 0.354 e. The van der Waals surface area contributed by atoms with Crippen LogP contribution in [0.1, 0.15) is 42.0 Å². The Bertz CT molecular complexity index is 1450. The van der Waals surface area contributed by atoms with Crippen molar-refractivity contribution >= 4 is 43.6 Å². The highest BCUT2D eigenvalue weighted by Crippen LogP contribution is 2.26. The summed E-state index contributed by atoms with van der Waals surface area (Å²) in [6.07, 6.45) is 2.01. The van der Waals surface area contributed by atoms with Gasteiger partial charge in [-0.25, -0.2) is 4.31 Å². The normalized spacial score (nSPS) is 12.2. The van der Waals surface area contributed by atoms with E-state index >= 15 is 0 Å². The van der Waals surface area contributed by atoms with Crippen LogP contribution < -0.4 is 9.62 Å². The molecule has 0 heterocycles. The highest BCUT2D eigenvalue weighted by atomic mass is 79.9. The van der Waals surface area contributed by atoms with Gasteiger partial charge in [0.05, 0.1) is 5.69 Å². The highest BCUT2D eigenvalue weighted by molar-refractivity contribution is 9.10. The highest BCUT2D eigenvalue weighted by Gasteiger charge is 2.35. The van der Waals surface area contributed by atoms with E-state index in [4.69, 9.17) is 0 Å². The first-order valence-corrected chi connectivity index (χ1v) is 16.3. The minimum atomic E-state index is -4.05. The Labute approximate surface area is 259 Å². The second-order valence-electron chi connectivity index (χ2n) is 10.6. The molecule has 0 radical (unpaired) electrons. The molecule has 0 aromatic heterocycles. The van der Waals surface area contributed by atoms with Crippen molar-refractivity contribution < 1.29 is 18.0 Å². The van der Waals surface area contributed by atoms with E-state index in [-0.39, 0.29) is 18.9 Å². The molecular weight excluding hydrogens is 616 g/mol. The molecule has 2 amide bonds. The number of carbonyl (C=O) groups is 2. The number of hydrogen-bond acceptors (Lipinski definition) is 4. The number of anilines is 1. The molecule has 0 aliphatic rings. The Morgan fingerprint density at radius 3 is 2.21 bits per heavy atom. The lowest BCUT2D eigenvalue weighted by atomic mass is 10.0. The van der Waals surface area contributed by atoms with Crippen molar-refractivity contribution in [1.29, 1.82) is 0 Å². The number of rotatable bonds is 14. The zero-order valence-electron chi connectivity index (χ0n) is 25.0. The van der Waals surface area contributed by atoms with E-state index < -0.39 is 28.7 Å². The van der Waals surface area contributed by atoms with Crippen LogP contribution in [0.3, 0.4) is 0 Å². The molecule has 3 aromatic carbocycles. The molecule has 3 aromatic rings. The van der Waals surface area contributed by atoms with Gasteiger partial charge in [0, 0.05) is 38.1 Å². The lowest BCUT2D eigenvalue weighted by Crippen LogP contribution is -2.54. The molecule has 10 heteroatoms. The van der Waals surface area contributed by atoms with Crippen LogP contribution in [0.25, 0.3) is 0 Å². The van der Waals surface area contributed by atoms with E-state index in [2.05, 4.69) is 21.2 Å². The summed E-state index contributed by atoms with van der Waals surface area (Å²) in [6.45, 7) is 5.90. The average Bonchev–Trinajstić information content (AvgIpc) is 2.96. The van der Waals surface area contributed by atoms with Crippen molar-refractivity contribution in [3.8, 4) is 0 Å². The first-order chi connectivity index (χ1) is 19.9. The molecule has 0 aliphatic heterocycles. The Hall–Kier alpha value is -3.21. The van der Waals surface area contributed by atoms with Crippen LogP contribution in [0.15, 0.2) is 77.3 Å². The van der Waals surface area contributed by atoms with Crippen molar-refractivity contribution in [1.82, 2.24) is 14.5 Å². The lowest BCUT2D eigenvalue weighted by Gasteiger charge is -2.35. The smallest absolute Gasteiger partial charge is 0.304 e. The van der Waals surface area contributed by atoms with Gasteiger partial charge < -0.3 is 10.2 Å². The molecule has 8 nitrogen and oxygen atoms in total. The van der Waals surface area contributed by atoms with E-state index in [0.29, 0.717) is 12.2 Å². The van der Waals surface area contributed by atoms with Crippen LogP contribution in [-0.4, -0.2) is 62.7 Å². The molecule has 1 N–H and O–H groups in total. The van der Waals surface area contributed by atoms with Gasteiger partial charge in [-0.2, -0.15) is 12.7 Å². The molecular formula is C32H41BrN4O4S. The Kier molecular flexibility index (Phi) is 12.1. The molecule has 0 fully saturated rings. The van der Waals surface area contributed by atoms with Crippen molar-refractivity contribution in [2.45, 2.75) is 52.6 Å². The Balaban J connectivity index is 2.10. The maximum Gasteiger partial charge on any atom is 0.304 e. The standard InChI is InChI=1S/C32H41BrN4O4S/c1-6-7-19-34-32(39)30(21-26-11-9-8-10-12-26)36(22-27-15-17-28(33)18-16-27)31(38)23-37(42(40,41)35(4)5)29-20-24(2)13-14-25(29)3/h8-18,20,30H,6-7,19,21-23H2,1-5H3,(H,34,39)/t30-/m1/s1. The number of benzene rings is 3. The summed E-state index contributed by atoms with van der Waals surface area (Å²) in [5, 5.41) is 3.00. The SMILES string of the molecule is CCCCNC(=O)[C@@H](Cc1ccccc1)N(Cc1ccc(Br)cc1)C(=O)CN(c1cc(C)ccc1C)S(=O)(=O)N(C)C. The van der Waals surface area contributed by atoms with Gasteiger partial charge >= 0.3 is 10.2 Å². The molecule has 1 atom stereocenters. The maximum absolute atomic E-state index is 14.3. The topological polar surface area (TPSA) is 90.0 Å². The summed E-state index contributed by atoms with van der Waals surface area (Å²) in [4.78, 5) is 29.6. The molecule has 42 heavy (non-hydrogen) atoms. The maximum atomic E-state index is 14.3. The van der Waals surface area contributed by atoms with Crippen LogP contribution in [-0.2, 0) is 32.8 Å². The fourth-order valence-corrected chi connectivity index (χ4v) is 5.91. The summed E-state index contributed by atoms with van der Waals surface area (Å²) in [5.74, 6) is -0.748. The second kappa shape index (κ2) is 15.3. The molecule has 0 aliphatic carbocycles. The van der Waals surface area contributed by atoms with Crippen LogP contribution in [0.5, 0.6) is 0 Å². The monoisotopic (exact) mass is 656 g/mol. The quantitative estimate of drug-likeness (QED) is 0.241. The van der Waals surface area contributed by atoms with Crippen molar-refractivity contribution in [3.63, 3.8) is 0 Å². The van der Waals surface area contributed by atoms with E-state index in [1.165, 1.54) is 19.0 Å². The third-order valence-electron chi connectivity index (χ3n) is 7.02. The van der Waals surface area contributed by atoms with Crippen molar-refractivity contribution in [2.24, 2.45) is 0 Å². The summed E-state index contributed by atoms with van der Waals surface area (Å²) >= 11 is 3.46. The van der Waals surface area contributed by atoms with Gasteiger partial charge in [0.25, 0.3) is 0 Å². The zero-order chi connectivity index (χ0) is 30.9. The van der Waals surface area contributed by atoms with Gasteiger partial charge in [-0.05, 0) is 60.7 Å². The van der Waals surface area contributed by atoms with Crippen LogP contribution in [0.4, 0.5) is 5.69 Å². The first kappa shape index (κ1) is 33.3.